The average molecular weight is 211 g/mol. The molecule has 2 heterocycles. The van der Waals surface area contributed by atoms with Gasteiger partial charge in [0.1, 0.15) is 0 Å². The van der Waals surface area contributed by atoms with Gasteiger partial charge in [-0.05, 0) is 19.3 Å². The molecule has 2 N–H and O–H groups in total. The minimum atomic E-state index is 0.195. The van der Waals surface area contributed by atoms with E-state index in [0.717, 1.165) is 45.4 Å². The second kappa shape index (κ2) is 4.84. The van der Waals surface area contributed by atoms with Gasteiger partial charge in [-0.25, -0.2) is 4.79 Å². The van der Waals surface area contributed by atoms with E-state index < -0.39 is 0 Å². The van der Waals surface area contributed by atoms with Crippen LogP contribution in [0, 0.1) is 0 Å². The molecule has 4 nitrogen and oxygen atoms in total. The number of urea groups is 1. The third kappa shape index (κ3) is 2.62. The van der Waals surface area contributed by atoms with Crippen LogP contribution < -0.4 is 5.73 Å². The van der Waals surface area contributed by atoms with E-state index in [1.165, 1.54) is 12.8 Å². The summed E-state index contributed by atoms with van der Waals surface area (Å²) in [5.41, 5.74) is 5.81. The lowest BCUT2D eigenvalue weighted by molar-refractivity contribution is 0.164. The van der Waals surface area contributed by atoms with Gasteiger partial charge >= 0.3 is 6.03 Å². The normalized spacial score (nSPS) is 27.9. The average Bonchev–Trinajstić information content (AvgIpc) is 2.53. The van der Waals surface area contributed by atoms with Crippen molar-refractivity contribution in [2.45, 2.75) is 38.1 Å². The molecule has 0 saturated carbocycles. The Morgan fingerprint density at radius 2 is 1.67 bits per heavy atom. The van der Waals surface area contributed by atoms with E-state index in [0.29, 0.717) is 0 Å². The van der Waals surface area contributed by atoms with Gasteiger partial charge in [0.15, 0.2) is 0 Å². The third-order valence-electron chi connectivity index (χ3n) is 3.37. The number of hydrogen-bond donors (Lipinski definition) is 1. The number of nitrogens with two attached hydrogens (primary N) is 1. The number of hydrogen-bond acceptors (Lipinski definition) is 2. The van der Waals surface area contributed by atoms with Crippen LogP contribution in [0.4, 0.5) is 4.79 Å². The summed E-state index contributed by atoms with van der Waals surface area (Å²) in [7, 11) is 0. The van der Waals surface area contributed by atoms with E-state index in [4.69, 9.17) is 5.73 Å². The number of likely N-dealkylation sites (tertiary alicyclic amines) is 2. The molecule has 86 valence electrons. The van der Waals surface area contributed by atoms with Gasteiger partial charge in [-0.2, -0.15) is 0 Å². The third-order valence-corrected chi connectivity index (χ3v) is 3.37. The van der Waals surface area contributed by atoms with Gasteiger partial charge in [-0.1, -0.05) is 12.8 Å². The van der Waals surface area contributed by atoms with E-state index >= 15 is 0 Å². The molecular formula is C11H21N3O. The smallest absolute Gasteiger partial charge is 0.320 e. The van der Waals surface area contributed by atoms with Crippen LogP contribution in [0.3, 0.4) is 0 Å². The predicted octanol–water partition coefficient (Wildman–Crippen LogP) is 1.02. The monoisotopic (exact) mass is 211 g/mol. The molecule has 2 amide bonds. The maximum Gasteiger partial charge on any atom is 0.320 e. The highest BCUT2D eigenvalue weighted by atomic mass is 16.2. The van der Waals surface area contributed by atoms with Crippen molar-refractivity contribution in [1.29, 1.82) is 0 Å². The molecule has 0 aliphatic carbocycles. The molecule has 1 unspecified atom stereocenters. The summed E-state index contributed by atoms with van der Waals surface area (Å²) in [6.45, 7) is 3.46. The number of carbonyl (C=O) groups excluding carboxylic acids is 1. The molecule has 0 aromatic rings. The zero-order valence-corrected chi connectivity index (χ0v) is 9.32. The van der Waals surface area contributed by atoms with Crippen LogP contribution in [0.1, 0.15) is 32.1 Å². The Morgan fingerprint density at radius 3 is 2.20 bits per heavy atom. The van der Waals surface area contributed by atoms with E-state index in [1.807, 2.05) is 9.80 Å². The highest BCUT2D eigenvalue weighted by molar-refractivity contribution is 5.74. The predicted molar refractivity (Wildman–Crippen MR) is 59.6 cm³/mol. The Bertz CT molecular complexity index is 224. The molecule has 0 spiro atoms. The summed E-state index contributed by atoms with van der Waals surface area (Å²) in [6.07, 6.45) is 5.81. The lowest BCUT2D eigenvalue weighted by atomic mass is 10.2. The SMILES string of the molecule is NC1CCN(C(=O)N2CCCCCC2)C1. The van der Waals surface area contributed by atoms with Crippen LogP contribution in [0.25, 0.3) is 0 Å². The van der Waals surface area contributed by atoms with E-state index in [9.17, 15) is 4.79 Å². The zero-order chi connectivity index (χ0) is 10.7. The van der Waals surface area contributed by atoms with E-state index in [2.05, 4.69) is 0 Å². The van der Waals surface area contributed by atoms with Gasteiger partial charge in [0, 0.05) is 32.2 Å². The molecule has 15 heavy (non-hydrogen) atoms. The van der Waals surface area contributed by atoms with Crippen molar-refractivity contribution in [3.63, 3.8) is 0 Å². The van der Waals surface area contributed by atoms with Crippen molar-refractivity contribution < 1.29 is 4.79 Å². The molecule has 2 fully saturated rings. The molecule has 1 atom stereocenters. The standard InChI is InChI=1S/C11H21N3O/c12-10-5-8-14(9-10)11(15)13-6-3-1-2-4-7-13/h10H,1-9,12H2. The van der Waals surface area contributed by atoms with E-state index in [1.54, 1.807) is 0 Å². The fraction of sp³-hybridized carbons (Fsp3) is 0.909. The van der Waals surface area contributed by atoms with Gasteiger partial charge in [0.2, 0.25) is 0 Å². The highest BCUT2D eigenvalue weighted by Crippen LogP contribution is 2.14. The molecule has 2 rings (SSSR count). The topological polar surface area (TPSA) is 49.6 Å². The molecule has 4 heteroatoms. The summed E-state index contributed by atoms with van der Waals surface area (Å²) in [4.78, 5) is 16.0. The van der Waals surface area contributed by atoms with Crippen molar-refractivity contribution in [1.82, 2.24) is 9.80 Å². The van der Waals surface area contributed by atoms with Gasteiger partial charge < -0.3 is 15.5 Å². The molecule has 0 radical (unpaired) electrons. The lowest BCUT2D eigenvalue weighted by Crippen LogP contribution is -2.43. The molecule has 0 bridgehead atoms. The molecular weight excluding hydrogens is 190 g/mol. The first-order chi connectivity index (χ1) is 7.27. The zero-order valence-electron chi connectivity index (χ0n) is 9.32. The molecule has 0 aromatic heterocycles. The first kappa shape index (κ1) is 10.7. The fourth-order valence-corrected chi connectivity index (χ4v) is 2.42. The summed E-state index contributed by atoms with van der Waals surface area (Å²) < 4.78 is 0. The number of carbonyl (C=O) groups is 1. The van der Waals surface area contributed by atoms with Gasteiger partial charge in [0.05, 0.1) is 0 Å². The lowest BCUT2D eigenvalue weighted by Gasteiger charge is -2.26. The van der Waals surface area contributed by atoms with Crippen molar-refractivity contribution in [2.24, 2.45) is 5.73 Å². The van der Waals surface area contributed by atoms with Crippen molar-refractivity contribution >= 4 is 6.03 Å². The Morgan fingerprint density at radius 1 is 1.00 bits per heavy atom. The van der Waals surface area contributed by atoms with Gasteiger partial charge in [-0.3, -0.25) is 0 Å². The highest BCUT2D eigenvalue weighted by Gasteiger charge is 2.27. The Labute approximate surface area is 91.4 Å². The van der Waals surface area contributed by atoms with E-state index in [-0.39, 0.29) is 12.1 Å². The minimum Gasteiger partial charge on any atom is -0.326 e. The van der Waals surface area contributed by atoms with Crippen LogP contribution in [-0.2, 0) is 0 Å². The number of amides is 2. The van der Waals surface area contributed by atoms with Crippen LogP contribution in [0.2, 0.25) is 0 Å². The molecule has 2 aliphatic rings. The number of nitrogens with zero attached hydrogens (tertiary/aromatic N) is 2. The summed E-state index contributed by atoms with van der Waals surface area (Å²) in [5, 5.41) is 0. The first-order valence-electron chi connectivity index (χ1n) is 6.07. The van der Waals surface area contributed by atoms with Crippen molar-refractivity contribution in [3.8, 4) is 0 Å². The fourth-order valence-electron chi connectivity index (χ4n) is 2.42. The summed E-state index contributed by atoms with van der Waals surface area (Å²) >= 11 is 0. The van der Waals surface area contributed by atoms with Crippen LogP contribution >= 0.6 is 0 Å². The number of rotatable bonds is 0. The van der Waals surface area contributed by atoms with Crippen LogP contribution in [-0.4, -0.2) is 48.1 Å². The second-order valence-corrected chi connectivity index (χ2v) is 4.68. The van der Waals surface area contributed by atoms with Crippen LogP contribution in [0.15, 0.2) is 0 Å². The second-order valence-electron chi connectivity index (χ2n) is 4.68. The summed E-state index contributed by atoms with van der Waals surface area (Å²) in [6, 6.07) is 0.408. The minimum absolute atomic E-state index is 0.195. The Balaban J connectivity index is 1.88. The molecule has 2 saturated heterocycles. The molecule has 2 aliphatic heterocycles. The maximum atomic E-state index is 12.1. The maximum absolute atomic E-state index is 12.1. The largest absolute Gasteiger partial charge is 0.326 e. The quantitative estimate of drug-likeness (QED) is 0.650. The van der Waals surface area contributed by atoms with Crippen molar-refractivity contribution in [3.05, 3.63) is 0 Å². The van der Waals surface area contributed by atoms with Crippen LogP contribution in [0.5, 0.6) is 0 Å². The Hall–Kier alpha value is -0.770. The van der Waals surface area contributed by atoms with Gasteiger partial charge in [0.25, 0.3) is 0 Å². The van der Waals surface area contributed by atoms with Crippen molar-refractivity contribution in [2.75, 3.05) is 26.2 Å². The molecule has 0 aromatic carbocycles. The first-order valence-corrected chi connectivity index (χ1v) is 6.07. The summed E-state index contributed by atoms with van der Waals surface area (Å²) in [5.74, 6) is 0. The Kier molecular flexibility index (Phi) is 3.46. The van der Waals surface area contributed by atoms with Gasteiger partial charge in [-0.15, -0.1) is 0 Å².